The molecule has 3 heteroatoms. The lowest BCUT2D eigenvalue weighted by Gasteiger charge is -1.98. The molecule has 0 atom stereocenters. The van der Waals surface area contributed by atoms with Crippen LogP contribution in [-0.2, 0) is 0 Å². The minimum absolute atomic E-state index is 0.839. The summed E-state index contributed by atoms with van der Waals surface area (Å²) in [4.78, 5) is 0. The van der Waals surface area contributed by atoms with Crippen LogP contribution in [0.5, 0.6) is 0 Å². The summed E-state index contributed by atoms with van der Waals surface area (Å²) in [6.07, 6.45) is 3.98. The Morgan fingerprint density at radius 3 is 2.55 bits per heavy atom. The molecule has 0 aromatic carbocycles. The molecule has 0 unspecified atom stereocenters. The quantitative estimate of drug-likeness (QED) is 0.687. The highest BCUT2D eigenvalue weighted by Gasteiger charge is 1.99. The second-order valence-corrected chi connectivity index (χ2v) is 3.17. The second-order valence-electron chi connectivity index (χ2n) is 2.27. The predicted octanol–water partition coefficient (Wildman–Crippen LogP) is 2.12. The van der Waals surface area contributed by atoms with Crippen molar-refractivity contribution in [3.8, 4) is 5.00 Å². The van der Waals surface area contributed by atoms with Gasteiger partial charge in [-0.2, -0.15) is 0 Å². The fraction of sp³-hybridized carbons (Fsp3) is 0. The van der Waals surface area contributed by atoms with Crippen molar-refractivity contribution < 1.29 is 0 Å². The van der Waals surface area contributed by atoms with Gasteiger partial charge in [0, 0.05) is 12.4 Å². The van der Waals surface area contributed by atoms with Crippen molar-refractivity contribution in [2.45, 2.75) is 0 Å². The van der Waals surface area contributed by atoms with Gasteiger partial charge in [0.2, 0.25) is 0 Å². The molecule has 0 bridgehead atoms. The van der Waals surface area contributed by atoms with Crippen molar-refractivity contribution in [3.63, 3.8) is 0 Å². The van der Waals surface area contributed by atoms with Gasteiger partial charge in [-0.1, -0.05) is 0 Å². The topological polar surface area (TPSA) is 30.9 Å². The number of nitrogens with two attached hydrogens (primary N) is 1. The first-order valence-electron chi connectivity index (χ1n) is 3.34. The molecule has 2 nitrogen and oxygen atoms in total. The molecular weight excluding hydrogens is 156 g/mol. The highest BCUT2D eigenvalue weighted by atomic mass is 32.1. The molecule has 2 N–H and O–H groups in total. The molecule has 0 aliphatic heterocycles. The molecule has 2 aromatic heterocycles. The molecule has 2 rings (SSSR count). The van der Waals surface area contributed by atoms with Crippen molar-refractivity contribution in [2.24, 2.45) is 0 Å². The van der Waals surface area contributed by atoms with Gasteiger partial charge in [-0.15, -0.1) is 11.3 Å². The molecule has 0 radical (unpaired) electrons. The van der Waals surface area contributed by atoms with E-state index in [2.05, 4.69) is 0 Å². The number of anilines is 1. The summed E-state index contributed by atoms with van der Waals surface area (Å²) < 4.78 is 2.01. The van der Waals surface area contributed by atoms with Gasteiger partial charge in [-0.05, 0) is 23.6 Å². The first-order chi connectivity index (χ1) is 5.38. The second kappa shape index (κ2) is 2.43. The number of rotatable bonds is 1. The summed E-state index contributed by atoms with van der Waals surface area (Å²) in [5.74, 6) is 0. The highest BCUT2D eigenvalue weighted by molar-refractivity contribution is 7.13. The summed E-state index contributed by atoms with van der Waals surface area (Å²) in [6, 6.07) is 5.89. The SMILES string of the molecule is Nc1ccsc1-n1cccc1. The molecular formula is C8H8N2S. The van der Waals surface area contributed by atoms with Crippen LogP contribution >= 0.6 is 11.3 Å². The van der Waals surface area contributed by atoms with Crippen LogP contribution in [0.3, 0.4) is 0 Å². The van der Waals surface area contributed by atoms with Crippen molar-refractivity contribution in [1.29, 1.82) is 0 Å². The number of hydrogen-bond acceptors (Lipinski definition) is 2. The Morgan fingerprint density at radius 1 is 1.27 bits per heavy atom. The maximum atomic E-state index is 5.72. The summed E-state index contributed by atoms with van der Waals surface area (Å²) in [7, 11) is 0. The fourth-order valence-electron chi connectivity index (χ4n) is 0.991. The third kappa shape index (κ3) is 1.03. The van der Waals surface area contributed by atoms with Gasteiger partial charge in [0.25, 0.3) is 0 Å². The Morgan fingerprint density at radius 2 is 2.00 bits per heavy atom. The zero-order valence-electron chi connectivity index (χ0n) is 5.90. The van der Waals surface area contributed by atoms with Crippen molar-refractivity contribution in [2.75, 3.05) is 5.73 Å². The molecule has 0 saturated heterocycles. The van der Waals surface area contributed by atoms with Gasteiger partial charge in [0.05, 0.1) is 5.69 Å². The Bertz CT molecular complexity index is 335. The minimum atomic E-state index is 0.839. The van der Waals surface area contributed by atoms with Crippen molar-refractivity contribution >= 4 is 17.0 Å². The number of hydrogen-bond donors (Lipinski definition) is 1. The van der Waals surface area contributed by atoms with E-state index in [9.17, 15) is 0 Å². The van der Waals surface area contributed by atoms with E-state index < -0.39 is 0 Å². The van der Waals surface area contributed by atoms with Gasteiger partial charge in [-0.25, -0.2) is 0 Å². The number of aromatic nitrogens is 1. The van der Waals surface area contributed by atoms with E-state index >= 15 is 0 Å². The van der Waals surface area contributed by atoms with Crippen LogP contribution in [0.4, 0.5) is 5.69 Å². The van der Waals surface area contributed by atoms with Crippen molar-refractivity contribution in [1.82, 2.24) is 4.57 Å². The smallest absolute Gasteiger partial charge is 0.122 e. The molecule has 2 heterocycles. The number of thiophene rings is 1. The standard InChI is InChI=1S/C8H8N2S/c9-7-3-6-11-8(7)10-4-1-2-5-10/h1-6H,9H2. The van der Waals surface area contributed by atoms with Crippen LogP contribution in [-0.4, -0.2) is 4.57 Å². The van der Waals surface area contributed by atoms with Crippen LogP contribution in [0.1, 0.15) is 0 Å². The van der Waals surface area contributed by atoms with Gasteiger partial charge in [0.1, 0.15) is 5.00 Å². The van der Waals surface area contributed by atoms with Crippen LogP contribution < -0.4 is 5.73 Å². The summed E-state index contributed by atoms with van der Waals surface area (Å²) in [6.45, 7) is 0. The molecule has 0 aliphatic carbocycles. The molecule has 0 aliphatic rings. The van der Waals surface area contributed by atoms with E-state index in [0.717, 1.165) is 10.7 Å². The lowest BCUT2D eigenvalue weighted by Crippen LogP contribution is -1.90. The van der Waals surface area contributed by atoms with Crippen LogP contribution in [0, 0.1) is 0 Å². The van der Waals surface area contributed by atoms with E-state index in [1.807, 2.05) is 40.5 Å². The lowest BCUT2D eigenvalue weighted by atomic mass is 10.5. The molecule has 11 heavy (non-hydrogen) atoms. The largest absolute Gasteiger partial charge is 0.396 e. The highest BCUT2D eigenvalue weighted by Crippen LogP contribution is 2.23. The average molecular weight is 164 g/mol. The molecule has 0 fully saturated rings. The maximum Gasteiger partial charge on any atom is 0.122 e. The Hall–Kier alpha value is -1.22. The number of nitrogen functional groups attached to an aromatic ring is 1. The summed E-state index contributed by atoms with van der Waals surface area (Å²) in [5.41, 5.74) is 6.56. The van der Waals surface area contributed by atoms with Gasteiger partial charge < -0.3 is 10.3 Å². The van der Waals surface area contributed by atoms with E-state index in [4.69, 9.17) is 5.73 Å². The average Bonchev–Trinajstić information content (AvgIpc) is 2.55. The van der Waals surface area contributed by atoms with E-state index in [0.29, 0.717) is 0 Å². The molecule has 0 saturated carbocycles. The van der Waals surface area contributed by atoms with Gasteiger partial charge in [-0.3, -0.25) is 0 Å². The summed E-state index contributed by atoms with van der Waals surface area (Å²) >= 11 is 1.65. The van der Waals surface area contributed by atoms with Crippen molar-refractivity contribution in [3.05, 3.63) is 36.0 Å². The Kier molecular flexibility index (Phi) is 1.43. The fourth-order valence-corrected chi connectivity index (χ4v) is 1.78. The first kappa shape index (κ1) is 6.49. The molecule has 0 amide bonds. The lowest BCUT2D eigenvalue weighted by molar-refractivity contribution is 1.12. The van der Waals surface area contributed by atoms with E-state index in [1.165, 1.54) is 0 Å². The van der Waals surface area contributed by atoms with Gasteiger partial charge >= 0.3 is 0 Å². The zero-order valence-corrected chi connectivity index (χ0v) is 6.71. The third-order valence-corrected chi connectivity index (χ3v) is 2.46. The van der Waals surface area contributed by atoms with Crippen LogP contribution in [0.2, 0.25) is 0 Å². The monoisotopic (exact) mass is 164 g/mol. The normalized spacial score (nSPS) is 10.2. The Labute approximate surface area is 68.9 Å². The first-order valence-corrected chi connectivity index (χ1v) is 4.22. The Balaban J connectivity index is 2.53. The van der Waals surface area contributed by atoms with E-state index in [1.54, 1.807) is 11.3 Å². The summed E-state index contributed by atoms with van der Waals surface area (Å²) in [5, 5.41) is 3.08. The zero-order chi connectivity index (χ0) is 7.68. The number of nitrogens with zero attached hydrogens (tertiary/aromatic N) is 1. The molecule has 56 valence electrons. The molecule has 0 spiro atoms. The predicted molar refractivity (Wildman–Crippen MR) is 48.1 cm³/mol. The van der Waals surface area contributed by atoms with E-state index in [-0.39, 0.29) is 0 Å². The van der Waals surface area contributed by atoms with Crippen LogP contribution in [0.15, 0.2) is 36.0 Å². The molecule has 2 aromatic rings. The van der Waals surface area contributed by atoms with Crippen LogP contribution in [0.25, 0.3) is 5.00 Å². The minimum Gasteiger partial charge on any atom is -0.396 e. The third-order valence-electron chi connectivity index (χ3n) is 1.51. The van der Waals surface area contributed by atoms with Gasteiger partial charge in [0.15, 0.2) is 0 Å². The maximum absolute atomic E-state index is 5.72.